The van der Waals surface area contributed by atoms with Crippen LogP contribution >= 0.6 is 0 Å². The summed E-state index contributed by atoms with van der Waals surface area (Å²) in [4.78, 5) is -0.541. The second-order valence-corrected chi connectivity index (χ2v) is 6.03. The van der Waals surface area contributed by atoms with Gasteiger partial charge in [0.2, 0.25) is 0 Å². The van der Waals surface area contributed by atoms with E-state index in [2.05, 4.69) is 4.74 Å². The van der Waals surface area contributed by atoms with Crippen molar-refractivity contribution in [3.05, 3.63) is 53.8 Å². The Morgan fingerprint density at radius 3 is 2.00 bits per heavy atom. The predicted molar refractivity (Wildman–Crippen MR) is 70.2 cm³/mol. The van der Waals surface area contributed by atoms with Gasteiger partial charge in [0.15, 0.2) is 17.5 Å². The largest absolute Gasteiger partial charge is 0.573 e. The lowest BCUT2D eigenvalue weighted by Gasteiger charge is -2.11. The van der Waals surface area contributed by atoms with Gasteiger partial charge in [-0.2, -0.15) is 0 Å². The minimum atomic E-state index is -4.95. The fraction of sp³-hybridized carbons (Fsp3) is 0.0769. The Bertz CT molecular complexity index is 849. The number of ether oxygens (including phenoxy) is 1. The van der Waals surface area contributed by atoms with Gasteiger partial charge in [0.05, 0.1) is 10.6 Å². The molecule has 0 aliphatic rings. The molecule has 0 fully saturated rings. The van der Waals surface area contributed by atoms with Crippen molar-refractivity contribution in [2.24, 2.45) is 0 Å². The van der Waals surface area contributed by atoms with Gasteiger partial charge in [0.25, 0.3) is 10.0 Å². The van der Waals surface area contributed by atoms with Crippen molar-refractivity contribution in [2.45, 2.75) is 11.3 Å². The van der Waals surface area contributed by atoms with Gasteiger partial charge in [0, 0.05) is 0 Å². The summed E-state index contributed by atoms with van der Waals surface area (Å²) >= 11 is 0. The Labute approximate surface area is 131 Å². The molecule has 0 radical (unpaired) electrons. The molecule has 0 aliphatic carbocycles. The van der Waals surface area contributed by atoms with Crippen LogP contribution in [-0.4, -0.2) is 14.8 Å². The molecule has 130 valence electrons. The van der Waals surface area contributed by atoms with Gasteiger partial charge in [-0.1, -0.05) is 0 Å². The van der Waals surface area contributed by atoms with Crippen molar-refractivity contribution in [1.29, 1.82) is 0 Å². The third-order valence-corrected chi connectivity index (χ3v) is 4.03. The summed E-state index contributed by atoms with van der Waals surface area (Å²) in [6, 6.07) is 4.15. The maximum absolute atomic E-state index is 13.5. The van der Waals surface area contributed by atoms with E-state index in [4.69, 9.17) is 0 Å². The summed E-state index contributed by atoms with van der Waals surface area (Å²) in [5, 5.41) is 0. The summed E-state index contributed by atoms with van der Waals surface area (Å²) in [6.45, 7) is 0. The zero-order chi connectivity index (χ0) is 18.1. The number of benzene rings is 2. The minimum Gasteiger partial charge on any atom is -0.406 e. The van der Waals surface area contributed by atoms with Gasteiger partial charge >= 0.3 is 6.36 Å². The summed E-state index contributed by atoms with van der Waals surface area (Å²) < 4.78 is 105. The molecule has 0 bridgehead atoms. The predicted octanol–water partition coefficient (Wildman–Crippen LogP) is 3.80. The van der Waals surface area contributed by atoms with E-state index in [1.54, 1.807) is 4.72 Å². The van der Waals surface area contributed by atoms with Crippen molar-refractivity contribution in [3.63, 3.8) is 0 Å². The summed E-state index contributed by atoms with van der Waals surface area (Å²) in [7, 11) is -4.44. The van der Waals surface area contributed by atoms with Crippen LogP contribution in [0.25, 0.3) is 0 Å². The Morgan fingerprint density at radius 2 is 1.46 bits per heavy atom. The van der Waals surface area contributed by atoms with Crippen molar-refractivity contribution in [1.82, 2.24) is 0 Å². The Hall–Kier alpha value is -2.43. The maximum Gasteiger partial charge on any atom is 0.573 e. The topological polar surface area (TPSA) is 55.4 Å². The monoisotopic (exact) mass is 371 g/mol. The van der Waals surface area contributed by atoms with E-state index >= 15 is 0 Å². The fourth-order valence-electron chi connectivity index (χ4n) is 1.63. The normalized spacial score (nSPS) is 12.1. The molecule has 24 heavy (non-hydrogen) atoms. The van der Waals surface area contributed by atoms with Crippen LogP contribution in [0.4, 0.5) is 32.0 Å². The molecule has 2 aromatic rings. The lowest BCUT2D eigenvalue weighted by molar-refractivity contribution is -0.274. The van der Waals surface area contributed by atoms with Crippen LogP contribution in [0.15, 0.2) is 41.3 Å². The zero-order valence-electron chi connectivity index (χ0n) is 11.4. The van der Waals surface area contributed by atoms with Crippen LogP contribution < -0.4 is 9.46 Å². The number of hydrogen-bond donors (Lipinski definition) is 1. The van der Waals surface area contributed by atoms with Crippen molar-refractivity contribution < 1.29 is 39.5 Å². The van der Waals surface area contributed by atoms with Crippen LogP contribution in [-0.2, 0) is 10.0 Å². The minimum absolute atomic E-state index is 0.510. The molecule has 0 heterocycles. The van der Waals surface area contributed by atoms with Gasteiger partial charge in [0.1, 0.15) is 5.75 Å². The third-order valence-electron chi connectivity index (χ3n) is 2.65. The first-order valence-corrected chi connectivity index (χ1v) is 7.50. The summed E-state index contributed by atoms with van der Waals surface area (Å²) in [6.07, 6.45) is -4.95. The molecule has 0 aliphatic heterocycles. The second kappa shape index (κ2) is 6.23. The molecule has 4 nitrogen and oxygen atoms in total. The number of alkyl halides is 3. The SMILES string of the molecule is O=S(=O)(Nc1ccc(F)c(F)c1F)c1ccc(OC(F)(F)F)cc1. The second-order valence-electron chi connectivity index (χ2n) is 4.35. The van der Waals surface area contributed by atoms with E-state index in [1.807, 2.05) is 0 Å². The summed E-state index contributed by atoms with van der Waals surface area (Å²) in [5.74, 6) is -5.80. The molecule has 0 spiro atoms. The molecule has 0 aromatic heterocycles. The Morgan fingerprint density at radius 1 is 0.875 bits per heavy atom. The smallest absolute Gasteiger partial charge is 0.406 e. The van der Waals surface area contributed by atoms with E-state index < -0.39 is 50.2 Å². The molecule has 11 heteroatoms. The van der Waals surface area contributed by atoms with Crippen LogP contribution in [0.5, 0.6) is 5.75 Å². The molecule has 0 saturated carbocycles. The summed E-state index contributed by atoms with van der Waals surface area (Å²) in [5.41, 5.74) is -0.857. The Balaban J connectivity index is 2.26. The van der Waals surface area contributed by atoms with Crippen LogP contribution in [0.2, 0.25) is 0 Å². The first-order chi connectivity index (χ1) is 11.0. The lowest BCUT2D eigenvalue weighted by Crippen LogP contribution is -2.17. The quantitative estimate of drug-likeness (QED) is 0.657. The van der Waals surface area contributed by atoms with Gasteiger partial charge in [-0.05, 0) is 36.4 Å². The molecule has 1 N–H and O–H groups in total. The van der Waals surface area contributed by atoms with Crippen LogP contribution in [0, 0.1) is 17.5 Å². The van der Waals surface area contributed by atoms with E-state index in [1.165, 1.54) is 0 Å². The average Bonchev–Trinajstić information content (AvgIpc) is 2.47. The van der Waals surface area contributed by atoms with E-state index in [9.17, 15) is 34.8 Å². The highest BCUT2D eigenvalue weighted by atomic mass is 32.2. The first-order valence-electron chi connectivity index (χ1n) is 6.02. The number of nitrogens with one attached hydrogen (secondary N) is 1. The van der Waals surface area contributed by atoms with Crippen molar-refractivity contribution in [3.8, 4) is 5.75 Å². The molecule has 0 saturated heterocycles. The molecule has 0 amide bonds. The number of hydrogen-bond acceptors (Lipinski definition) is 3. The highest BCUT2D eigenvalue weighted by Gasteiger charge is 2.31. The highest BCUT2D eigenvalue weighted by molar-refractivity contribution is 7.92. The molecule has 0 unspecified atom stereocenters. The molecule has 0 atom stereocenters. The van der Waals surface area contributed by atoms with E-state index in [0.29, 0.717) is 12.1 Å². The first kappa shape index (κ1) is 17.9. The number of sulfonamides is 1. The number of anilines is 1. The fourth-order valence-corrected chi connectivity index (χ4v) is 2.69. The third kappa shape index (κ3) is 4.10. The highest BCUT2D eigenvalue weighted by Crippen LogP contribution is 2.26. The molecular weight excluding hydrogens is 364 g/mol. The van der Waals surface area contributed by atoms with Gasteiger partial charge in [-0.15, -0.1) is 13.2 Å². The molecular formula is C13H7F6NO3S. The van der Waals surface area contributed by atoms with E-state index in [0.717, 1.165) is 24.3 Å². The molecule has 2 rings (SSSR count). The number of rotatable bonds is 4. The zero-order valence-corrected chi connectivity index (χ0v) is 12.2. The van der Waals surface area contributed by atoms with Gasteiger partial charge < -0.3 is 4.74 Å². The van der Waals surface area contributed by atoms with Crippen LogP contribution in [0.1, 0.15) is 0 Å². The van der Waals surface area contributed by atoms with E-state index in [-0.39, 0.29) is 0 Å². The average molecular weight is 371 g/mol. The molecule has 2 aromatic carbocycles. The van der Waals surface area contributed by atoms with Crippen LogP contribution in [0.3, 0.4) is 0 Å². The van der Waals surface area contributed by atoms with Crippen molar-refractivity contribution >= 4 is 15.7 Å². The van der Waals surface area contributed by atoms with Crippen molar-refractivity contribution in [2.75, 3.05) is 4.72 Å². The maximum atomic E-state index is 13.5. The number of halogens is 6. The van der Waals surface area contributed by atoms with Gasteiger partial charge in [-0.3, -0.25) is 4.72 Å². The van der Waals surface area contributed by atoms with Gasteiger partial charge in [-0.25, -0.2) is 21.6 Å². The lowest BCUT2D eigenvalue weighted by atomic mass is 10.3. The Kier molecular flexibility index (Phi) is 4.65. The standard InChI is InChI=1S/C13H7F6NO3S/c14-9-5-6-10(12(16)11(9)15)20-24(21,22)8-3-1-7(2-4-8)23-13(17,18)19/h1-6,20H.